The summed E-state index contributed by atoms with van der Waals surface area (Å²) in [5, 5.41) is 1.29. The Kier molecular flexibility index (Phi) is 14.7. The van der Waals surface area contributed by atoms with Crippen LogP contribution in [0.1, 0.15) is 51.5 Å². The van der Waals surface area contributed by atoms with E-state index in [1.807, 2.05) is 30.6 Å². The summed E-state index contributed by atoms with van der Waals surface area (Å²) >= 11 is 3.44. The maximum Gasteiger partial charge on any atom is 0.169 e. The zero-order chi connectivity index (χ0) is 24.6. The van der Waals surface area contributed by atoms with Crippen molar-refractivity contribution in [1.29, 1.82) is 0 Å². The lowest BCUT2D eigenvalue weighted by Crippen LogP contribution is -3.00. The minimum atomic E-state index is -0.186. The predicted molar refractivity (Wildman–Crippen MR) is 148 cm³/mol. The normalized spacial score (nSPS) is 11.7. The molecule has 0 N–H and O–H groups in total. The number of thiophene rings is 2. The van der Waals surface area contributed by atoms with Crippen LogP contribution in [0, 0.1) is 0 Å². The second-order valence-electron chi connectivity index (χ2n) is 8.70. The fourth-order valence-electron chi connectivity index (χ4n) is 4.44. The van der Waals surface area contributed by atoms with Crippen molar-refractivity contribution in [3.8, 4) is 9.75 Å². The van der Waals surface area contributed by atoms with Gasteiger partial charge in [-0.25, -0.2) is 8.96 Å². The van der Waals surface area contributed by atoms with Crippen molar-refractivity contribution in [2.75, 3.05) is 44.2 Å². The molecule has 0 aliphatic rings. The van der Waals surface area contributed by atoms with Crippen LogP contribution in [0.5, 0.6) is 0 Å². The van der Waals surface area contributed by atoms with Crippen molar-refractivity contribution >= 4 is 39.6 Å². The van der Waals surface area contributed by atoms with Crippen molar-refractivity contribution in [3.63, 3.8) is 0 Å². The van der Waals surface area contributed by atoms with E-state index in [1.165, 1.54) is 45.4 Å². The van der Waals surface area contributed by atoms with Gasteiger partial charge in [-0.3, -0.25) is 0 Å². The van der Waals surface area contributed by atoms with Gasteiger partial charge in [0.25, 0.3) is 0 Å². The summed E-state index contributed by atoms with van der Waals surface area (Å²) in [5.74, 6) is -0.186. The second-order valence-corrected chi connectivity index (χ2v) is 10.9. The van der Waals surface area contributed by atoms with Gasteiger partial charge in [-0.05, 0) is 65.0 Å². The van der Waals surface area contributed by atoms with Crippen LogP contribution in [0.25, 0.3) is 21.7 Å². The van der Waals surface area contributed by atoms with Crippen molar-refractivity contribution < 1.29 is 47.4 Å². The highest BCUT2D eigenvalue weighted by Crippen LogP contribution is 2.38. The molecule has 0 atom stereocenters. The van der Waals surface area contributed by atoms with E-state index in [0.717, 1.165) is 30.9 Å². The molecule has 0 aliphatic carbocycles. The Morgan fingerprint density at radius 1 is 0.861 bits per heavy atom. The number of halogens is 3. The van der Waals surface area contributed by atoms with E-state index in [0.29, 0.717) is 5.56 Å². The molecular weight excluding hydrogens is 621 g/mol. The Bertz CT molecular complexity index is 1050. The Morgan fingerprint density at radius 2 is 1.44 bits per heavy atom. The third-order valence-corrected chi connectivity index (χ3v) is 9.41. The first-order valence-corrected chi connectivity index (χ1v) is 14.3. The average Bonchev–Trinajstić information content (AvgIpc) is 3.53. The Balaban J connectivity index is 0.00000324. The van der Waals surface area contributed by atoms with Crippen molar-refractivity contribution in [3.05, 3.63) is 59.2 Å². The number of quaternary nitrogens is 1. The van der Waals surface area contributed by atoms with Crippen LogP contribution in [0.3, 0.4) is 0 Å². The van der Waals surface area contributed by atoms with Gasteiger partial charge in [0.2, 0.25) is 0 Å². The molecular formula is C28H40Br2FN3S2. The van der Waals surface area contributed by atoms with Crippen molar-refractivity contribution in [2.45, 2.75) is 47.6 Å². The summed E-state index contributed by atoms with van der Waals surface area (Å²) in [7, 11) is 0. The number of nitrogens with zero attached hydrogens (tertiary/aromatic N) is 3. The molecule has 0 radical (unpaired) electrons. The predicted octanol–water partition coefficient (Wildman–Crippen LogP) is 1.35. The number of hydrogen-bond acceptors (Lipinski definition) is 3. The smallest absolute Gasteiger partial charge is 0.169 e. The molecule has 0 unspecified atom stereocenters. The molecule has 3 nitrogen and oxygen atoms in total. The van der Waals surface area contributed by atoms with E-state index in [-0.39, 0.29) is 39.8 Å². The van der Waals surface area contributed by atoms with Gasteiger partial charge in [0.15, 0.2) is 18.9 Å². The first kappa shape index (κ1) is 33.0. The molecule has 0 fully saturated rings. The summed E-state index contributed by atoms with van der Waals surface area (Å²) in [6, 6.07) is 12.2. The molecule has 3 rings (SSSR count). The Hall–Kier alpha value is -1.06. The van der Waals surface area contributed by atoms with Gasteiger partial charge in [0.05, 0.1) is 37.6 Å². The van der Waals surface area contributed by atoms with E-state index in [2.05, 4.69) is 62.3 Å². The van der Waals surface area contributed by atoms with Crippen molar-refractivity contribution in [2.24, 2.45) is 0 Å². The monoisotopic (exact) mass is 659 g/mol. The lowest BCUT2D eigenvalue weighted by Gasteiger charge is -2.35. The molecule has 3 heterocycles. The third kappa shape index (κ3) is 8.48. The number of rotatable bonds is 13. The van der Waals surface area contributed by atoms with Crippen LogP contribution in [0.15, 0.2) is 48.8 Å². The SMILES string of the molecule is CCN(CC)c1ccc(-c2ccc(/C=C(/F)c3cc[n+](CCC[N+](CC)(CC)CC)cc3)s2)s1.[Br-].[Br-]. The van der Waals surface area contributed by atoms with Crippen LogP contribution < -0.4 is 43.4 Å². The molecule has 0 amide bonds. The first-order chi connectivity index (χ1) is 16.5. The molecule has 3 aromatic rings. The molecule has 0 bridgehead atoms. The van der Waals surface area contributed by atoms with Crippen molar-refractivity contribution in [1.82, 2.24) is 0 Å². The van der Waals surface area contributed by atoms with Gasteiger partial charge < -0.3 is 43.3 Å². The summed E-state index contributed by atoms with van der Waals surface area (Å²) in [5.41, 5.74) is 0.631. The van der Waals surface area contributed by atoms with Gasteiger partial charge in [0, 0.05) is 45.4 Å². The summed E-state index contributed by atoms with van der Waals surface area (Å²) < 4.78 is 18.3. The molecule has 0 aliphatic heterocycles. The van der Waals surface area contributed by atoms with Crippen LogP contribution >= 0.6 is 22.7 Å². The van der Waals surface area contributed by atoms with E-state index >= 15 is 0 Å². The number of pyridine rings is 1. The van der Waals surface area contributed by atoms with Gasteiger partial charge in [-0.15, -0.1) is 22.7 Å². The van der Waals surface area contributed by atoms with Crippen LogP contribution in [0.2, 0.25) is 0 Å². The van der Waals surface area contributed by atoms with E-state index in [1.54, 1.807) is 28.7 Å². The van der Waals surface area contributed by atoms with Crippen LogP contribution in [-0.2, 0) is 6.54 Å². The van der Waals surface area contributed by atoms with Crippen LogP contribution in [-0.4, -0.2) is 43.8 Å². The first-order valence-electron chi connectivity index (χ1n) is 12.6. The Morgan fingerprint density at radius 3 is 2.03 bits per heavy atom. The van der Waals surface area contributed by atoms with Gasteiger partial charge in [-0.1, -0.05) is 0 Å². The number of aromatic nitrogens is 1. The highest BCUT2D eigenvalue weighted by atomic mass is 79.9. The quantitative estimate of drug-likeness (QED) is 0.199. The topological polar surface area (TPSA) is 7.12 Å². The van der Waals surface area contributed by atoms with Gasteiger partial charge in [0.1, 0.15) is 5.83 Å². The average molecular weight is 662 g/mol. The second kappa shape index (κ2) is 16.0. The summed E-state index contributed by atoms with van der Waals surface area (Å²) in [6.07, 6.45) is 6.79. The van der Waals surface area contributed by atoms with Crippen LogP contribution in [0.4, 0.5) is 9.39 Å². The summed E-state index contributed by atoms with van der Waals surface area (Å²) in [4.78, 5) is 5.73. The zero-order valence-corrected chi connectivity index (χ0v) is 27.0. The minimum absolute atomic E-state index is 0. The third-order valence-electron chi connectivity index (χ3n) is 7.03. The number of anilines is 1. The van der Waals surface area contributed by atoms with Gasteiger partial charge >= 0.3 is 0 Å². The van der Waals surface area contributed by atoms with E-state index < -0.39 is 0 Å². The molecule has 0 spiro atoms. The van der Waals surface area contributed by atoms with Gasteiger partial charge in [-0.2, -0.15) is 0 Å². The fraction of sp³-hybridized carbons (Fsp3) is 0.464. The molecule has 0 aromatic carbocycles. The zero-order valence-electron chi connectivity index (χ0n) is 22.1. The minimum Gasteiger partial charge on any atom is -1.00 e. The Labute approximate surface area is 246 Å². The van der Waals surface area contributed by atoms with E-state index in [4.69, 9.17) is 0 Å². The number of hydrogen-bond donors (Lipinski definition) is 0. The highest BCUT2D eigenvalue weighted by Gasteiger charge is 2.20. The lowest BCUT2D eigenvalue weighted by atomic mass is 10.2. The number of aryl methyl sites for hydroxylation is 1. The fourth-order valence-corrected chi connectivity index (χ4v) is 6.60. The molecule has 3 aromatic heterocycles. The highest BCUT2D eigenvalue weighted by molar-refractivity contribution is 7.24. The molecule has 8 heteroatoms. The lowest BCUT2D eigenvalue weighted by molar-refractivity contribution is -0.925. The standard InChI is InChI=1S/C28H40FN3S2.2BrH/c1-6-31(7-2)28-15-14-27(34-28)26-13-12-24(33-26)22-25(29)23-16-19-30(20-17-23)18-11-21-32(8-3,9-4)10-5;;/h12-17,19-20,22H,6-11,18,21H2,1-5H3;2*1H/q+2;;/p-2. The summed E-state index contributed by atoms with van der Waals surface area (Å²) in [6.45, 7) is 18.9. The molecule has 36 heavy (non-hydrogen) atoms. The largest absolute Gasteiger partial charge is 1.00 e. The molecule has 0 saturated carbocycles. The molecule has 200 valence electrons. The maximum absolute atomic E-state index is 15.0. The molecule has 0 saturated heterocycles. The maximum atomic E-state index is 15.0. The van der Waals surface area contributed by atoms with E-state index in [9.17, 15) is 4.39 Å².